The molecule has 3 aromatic heterocycles. The van der Waals surface area contributed by atoms with Gasteiger partial charge in [0.15, 0.2) is 5.13 Å². The van der Waals surface area contributed by atoms with E-state index in [-0.39, 0.29) is 5.91 Å². The van der Waals surface area contributed by atoms with Crippen LogP contribution in [0.15, 0.2) is 59.5 Å². The van der Waals surface area contributed by atoms with Gasteiger partial charge in [0.05, 0.1) is 28.4 Å². The molecule has 0 bridgehead atoms. The molecule has 0 aliphatic carbocycles. The normalized spacial score (nSPS) is 11.0. The molecule has 5 nitrogen and oxygen atoms in total. The number of rotatable bonds is 7. The zero-order valence-electron chi connectivity index (χ0n) is 15.6. The van der Waals surface area contributed by atoms with E-state index in [1.807, 2.05) is 30.3 Å². The van der Waals surface area contributed by atoms with Crippen LogP contribution in [0.3, 0.4) is 0 Å². The fraction of sp³-hybridized carbons (Fsp3) is 0.227. The minimum Gasteiger partial charge on any atom is -0.472 e. The molecule has 4 rings (SSSR count). The summed E-state index contributed by atoms with van der Waals surface area (Å²) in [5.74, 6) is 0.0157. The van der Waals surface area contributed by atoms with Gasteiger partial charge in [0.1, 0.15) is 0 Å². The number of amides is 1. The molecule has 0 radical (unpaired) electrons. The molecule has 0 atom stereocenters. The fourth-order valence-corrected chi connectivity index (χ4v) is 4.10. The van der Waals surface area contributed by atoms with Crippen molar-refractivity contribution in [1.29, 1.82) is 0 Å². The first-order valence-corrected chi connectivity index (χ1v) is 10.2. The van der Waals surface area contributed by atoms with Crippen LogP contribution in [0.25, 0.3) is 32.6 Å². The van der Waals surface area contributed by atoms with Gasteiger partial charge in [0.2, 0.25) is 5.91 Å². The van der Waals surface area contributed by atoms with Gasteiger partial charge < -0.3 is 9.73 Å². The van der Waals surface area contributed by atoms with Gasteiger partial charge in [-0.05, 0) is 42.3 Å². The van der Waals surface area contributed by atoms with Crippen molar-refractivity contribution in [2.24, 2.45) is 0 Å². The number of benzene rings is 1. The Balaban J connectivity index is 1.73. The Morgan fingerprint density at radius 1 is 1.18 bits per heavy atom. The van der Waals surface area contributed by atoms with E-state index in [0.29, 0.717) is 11.6 Å². The molecule has 0 aliphatic rings. The molecule has 3 heterocycles. The lowest BCUT2D eigenvalue weighted by Crippen LogP contribution is -2.10. The summed E-state index contributed by atoms with van der Waals surface area (Å²) in [4.78, 5) is 21.4. The van der Waals surface area contributed by atoms with Crippen molar-refractivity contribution in [3.8, 4) is 22.4 Å². The number of fused-ring (bicyclic) bond motifs is 1. The summed E-state index contributed by atoms with van der Waals surface area (Å²) < 4.78 is 6.25. The highest BCUT2D eigenvalue weighted by Crippen LogP contribution is 2.38. The van der Waals surface area contributed by atoms with Crippen LogP contribution in [-0.2, 0) is 4.79 Å². The molecular weight excluding hydrogens is 370 g/mol. The van der Waals surface area contributed by atoms with Gasteiger partial charge in [-0.2, -0.15) is 0 Å². The first-order chi connectivity index (χ1) is 13.7. The molecule has 4 aromatic rings. The van der Waals surface area contributed by atoms with E-state index in [9.17, 15) is 4.79 Å². The molecule has 1 aromatic carbocycles. The van der Waals surface area contributed by atoms with E-state index in [2.05, 4.69) is 28.3 Å². The van der Waals surface area contributed by atoms with Crippen LogP contribution in [0.1, 0.15) is 32.6 Å². The molecule has 0 saturated carbocycles. The number of hydrogen-bond acceptors (Lipinski definition) is 5. The Bertz CT molecular complexity index is 1070. The number of nitrogens with zero attached hydrogens (tertiary/aromatic N) is 2. The number of carbonyl (C=O) groups excluding carboxylic acids is 1. The van der Waals surface area contributed by atoms with Gasteiger partial charge >= 0.3 is 0 Å². The van der Waals surface area contributed by atoms with Crippen LogP contribution in [0.4, 0.5) is 5.13 Å². The Kier molecular flexibility index (Phi) is 5.48. The maximum atomic E-state index is 12.2. The molecule has 0 saturated heterocycles. The van der Waals surface area contributed by atoms with Crippen molar-refractivity contribution in [3.05, 3.63) is 55.1 Å². The number of furan rings is 1. The fourth-order valence-electron chi connectivity index (χ4n) is 3.11. The standard InChI is InChI=1S/C22H21N3O2S/c1-2-3-4-8-20(26)25-22-24-19-13-16(15-9-11-27-14-15)12-17(21(19)28-22)18-7-5-6-10-23-18/h5-7,9-14H,2-4,8H2,1H3,(H,24,25,26). The van der Waals surface area contributed by atoms with Crippen LogP contribution in [0.2, 0.25) is 0 Å². The van der Waals surface area contributed by atoms with Crippen molar-refractivity contribution in [3.63, 3.8) is 0 Å². The molecule has 0 aliphatic heterocycles. The van der Waals surface area contributed by atoms with Crippen LogP contribution in [0.5, 0.6) is 0 Å². The van der Waals surface area contributed by atoms with E-state index in [1.165, 1.54) is 11.3 Å². The van der Waals surface area contributed by atoms with Gasteiger partial charge in [-0.25, -0.2) is 4.98 Å². The van der Waals surface area contributed by atoms with Crippen LogP contribution >= 0.6 is 11.3 Å². The van der Waals surface area contributed by atoms with Crippen LogP contribution in [0, 0.1) is 0 Å². The summed E-state index contributed by atoms with van der Waals surface area (Å²) in [6.45, 7) is 2.13. The maximum Gasteiger partial charge on any atom is 0.226 e. The Morgan fingerprint density at radius 3 is 2.86 bits per heavy atom. The Hall–Kier alpha value is -2.99. The van der Waals surface area contributed by atoms with Gasteiger partial charge in [-0.1, -0.05) is 37.2 Å². The number of aromatic nitrogens is 2. The molecule has 6 heteroatoms. The summed E-state index contributed by atoms with van der Waals surface area (Å²) in [5, 5.41) is 3.58. The van der Waals surface area contributed by atoms with E-state index in [1.54, 1.807) is 18.7 Å². The minimum absolute atomic E-state index is 0.0157. The average Bonchev–Trinajstić information content (AvgIpc) is 3.37. The summed E-state index contributed by atoms with van der Waals surface area (Å²) in [6.07, 6.45) is 8.73. The predicted molar refractivity (Wildman–Crippen MR) is 113 cm³/mol. The van der Waals surface area contributed by atoms with Crippen LogP contribution in [-0.4, -0.2) is 15.9 Å². The highest BCUT2D eigenvalue weighted by atomic mass is 32.1. The second-order valence-corrected chi connectivity index (χ2v) is 7.62. The third kappa shape index (κ3) is 3.97. The smallest absolute Gasteiger partial charge is 0.226 e. The van der Waals surface area contributed by atoms with Gasteiger partial charge in [-0.15, -0.1) is 0 Å². The molecule has 28 heavy (non-hydrogen) atoms. The SMILES string of the molecule is CCCCCC(=O)Nc1nc2cc(-c3ccoc3)cc(-c3ccccn3)c2s1. The summed E-state index contributed by atoms with van der Waals surface area (Å²) in [5.41, 5.74) is 4.71. The second kappa shape index (κ2) is 8.35. The van der Waals surface area contributed by atoms with Crippen molar-refractivity contribution in [1.82, 2.24) is 9.97 Å². The summed E-state index contributed by atoms with van der Waals surface area (Å²) in [7, 11) is 0. The lowest BCUT2D eigenvalue weighted by atomic mass is 10.0. The van der Waals surface area contributed by atoms with E-state index in [4.69, 9.17) is 4.42 Å². The topological polar surface area (TPSA) is 68.0 Å². The average molecular weight is 391 g/mol. The summed E-state index contributed by atoms with van der Waals surface area (Å²) >= 11 is 1.49. The predicted octanol–water partition coefficient (Wildman–Crippen LogP) is 6.14. The number of anilines is 1. The van der Waals surface area contributed by atoms with Gasteiger partial charge in [-0.3, -0.25) is 9.78 Å². The van der Waals surface area contributed by atoms with Crippen molar-refractivity contribution in [2.45, 2.75) is 32.6 Å². The quantitative estimate of drug-likeness (QED) is 0.384. The number of pyridine rings is 1. The maximum absolute atomic E-state index is 12.2. The second-order valence-electron chi connectivity index (χ2n) is 6.62. The van der Waals surface area contributed by atoms with E-state index >= 15 is 0 Å². The van der Waals surface area contributed by atoms with Crippen LogP contribution < -0.4 is 5.32 Å². The van der Waals surface area contributed by atoms with E-state index < -0.39 is 0 Å². The molecule has 142 valence electrons. The van der Waals surface area contributed by atoms with Crippen molar-refractivity contribution < 1.29 is 9.21 Å². The third-order valence-corrected chi connectivity index (χ3v) is 5.56. The first kappa shape index (κ1) is 18.4. The highest BCUT2D eigenvalue weighted by molar-refractivity contribution is 7.22. The largest absolute Gasteiger partial charge is 0.472 e. The minimum atomic E-state index is 0.0157. The highest BCUT2D eigenvalue weighted by Gasteiger charge is 2.15. The first-order valence-electron chi connectivity index (χ1n) is 9.43. The lowest BCUT2D eigenvalue weighted by Gasteiger charge is -2.05. The molecule has 0 fully saturated rings. The Labute approximate surface area is 167 Å². The molecule has 1 N–H and O–H groups in total. The number of nitrogens with one attached hydrogen (secondary N) is 1. The molecular formula is C22H21N3O2S. The zero-order chi connectivity index (χ0) is 19.3. The van der Waals surface area contributed by atoms with Crippen molar-refractivity contribution >= 4 is 32.6 Å². The van der Waals surface area contributed by atoms with Gasteiger partial charge in [0, 0.05) is 23.7 Å². The van der Waals surface area contributed by atoms with Crippen molar-refractivity contribution in [2.75, 3.05) is 5.32 Å². The molecule has 0 spiro atoms. The van der Waals surface area contributed by atoms with E-state index in [0.717, 1.165) is 51.9 Å². The lowest BCUT2D eigenvalue weighted by molar-refractivity contribution is -0.116. The molecule has 0 unspecified atom stereocenters. The van der Waals surface area contributed by atoms with Gasteiger partial charge in [0.25, 0.3) is 0 Å². The number of hydrogen-bond donors (Lipinski definition) is 1. The third-order valence-electron chi connectivity index (χ3n) is 4.54. The summed E-state index contributed by atoms with van der Waals surface area (Å²) in [6, 6.07) is 11.9. The number of carbonyl (C=O) groups is 1. The zero-order valence-corrected chi connectivity index (χ0v) is 16.5. The monoisotopic (exact) mass is 391 g/mol. The number of thiazole rings is 1. The number of unbranched alkanes of at least 4 members (excludes halogenated alkanes) is 2. The Morgan fingerprint density at radius 2 is 2.11 bits per heavy atom. The molecule has 1 amide bonds.